The Morgan fingerprint density at radius 3 is 2.50 bits per heavy atom. The van der Waals surface area contributed by atoms with E-state index in [1.54, 1.807) is 4.68 Å². The number of nitrogens with one attached hydrogen (secondary N) is 2. The van der Waals surface area contributed by atoms with Gasteiger partial charge in [-0.1, -0.05) is 36.2 Å². The van der Waals surface area contributed by atoms with Gasteiger partial charge in [0.15, 0.2) is 5.65 Å². The summed E-state index contributed by atoms with van der Waals surface area (Å²) in [4.78, 5) is 32.6. The van der Waals surface area contributed by atoms with Crippen LogP contribution in [0.5, 0.6) is 0 Å². The van der Waals surface area contributed by atoms with E-state index in [1.807, 2.05) is 58.9 Å². The summed E-state index contributed by atoms with van der Waals surface area (Å²) >= 11 is 0. The highest BCUT2D eigenvalue weighted by Gasteiger charge is 2.20. The van der Waals surface area contributed by atoms with Gasteiger partial charge in [0.25, 0.3) is 0 Å². The van der Waals surface area contributed by atoms with Crippen LogP contribution in [0.1, 0.15) is 65.0 Å². The number of rotatable bonds is 10. The first-order valence-electron chi connectivity index (χ1n) is 12.3. The molecule has 2 amide bonds. The number of hydrogen-bond donors (Lipinski definition) is 3. The number of aryl methyl sites for hydroxylation is 1. The SMILES string of the molecule is Cc1ccc(-c2nn(C(C)CNC(=O)CCCCCNC(=O)OC(C)(C)C)c3ncnc(N)c23)cc1. The van der Waals surface area contributed by atoms with Crippen LogP contribution in [0.15, 0.2) is 30.6 Å². The number of nitrogen functional groups attached to an aromatic ring is 1. The van der Waals surface area contributed by atoms with Crippen LogP contribution in [0, 0.1) is 6.92 Å². The summed E-state index contributed by atoms with van der Waals surface area (Å²) in [6.07, 6.45) is 3.78. The maximum absolute atomic E-state index is 12.4. The summed E-state index contributed by atoms with van der Waals surface area (Å²) in [5.74, 6) is 0.352. The van der Waals surface area contributed by atoms with Crippen molar-refractivity contribution in [3.05, 3.63) is 36.2 Å². The first-order valence-corrected chi connectivity index (χ1v) is 12.3. The fourth-order valence-corrected chi connectivity index (χ4v) is 3.74. The predicted octanol–water partition coefficient (Wildman–Crippen LogP) is 4.15. The van der Waals surface area contributed by atoms with Crippen LogP contribution in [0.3, 0.4) is 0 Å². The average Bonchev–Trinajstić information content (AvgIpc) is 3.20. The number of carbonyl (C=O) groups excluding carboxylic acids is 2. The summed E-state index contributed by atoms with van der Waals surface area (Å²) in [7, 11) is 0. The minimum Gasteiger partial charge on any atom is -0.444 e. The highest BCUT2D eigenvalue weighted by atomic mass is 16.6. The predicted molar refractivity (Wildman–Crippen MR) is 140 cm³/mol. The topological polar surface area (TPSA) is 137 Å². The maximum atomic E-state index is 12.4. The molecule has 1 aromatic carbocycles. The molecule has 0 aliphatic rings. The molecule has 194 valence electrons. The van der Waals surface area contributed by atoms with Crippen LogP contribution in [0.2, 0.25) is 0 Å². The van der Waals surface area contributed by atoms with Crippen molar-refractivity contribution < 1.29 is 14.3 Å². The highest BCUT2D eigenvalue weighted by Crippen LogP contribution is 2.31. The second kappa shape index (κ2) is 11.8. The van der Waals surface area contributed by atoms with Crippen molar-refractivity contribution in [1.29, 1.82) is 0 Å². The van der Waals surface area contributed by atoms with Crippen molar-refractivity contribution in [3.63, 3.8) is 0 Å². The van der Waals surface area contributed by atoms with Crippen LogP contribution < -0.4 is 16.4 Å². The molecule has 4 N–H and O–H groups in total. The smallest absolute Gasteiger partial charge is 0.407 e. The van der Waals surface area contributed by atoms with Gasteiger partial charge in [-0.2, -0.15) is 5.10 Å². The number of anilines is 1. The van der Waals surface area contributed by atoms with Gasteiger partial charge >= 0.3 is 6.09 Å². The molecule has 2 heterocycles. The number of aromatic nitrogens is 4. The van der Waals surface area contributed by atoms with Crippen LogP contribution in [-0.2, 0) is 9.53 Å². The number of benzene rings is 1. The Morgan fingerprint density at radius 2 is 1.81 bits per heavy atom. The molecule has 1 unspecified atom stereocenters. The molecular formula is C26H37N7O3. The molecule has 0 radical (unpaired) electrons. The molecule has 10 heteroatoms. The standard InChI is InChI=1S/C26H37N7O3/c1-17-10-12-19(13-11-17)22-21-23(27)30-16-31-24(21)33(32-22)18(2)15-29-20(34)9-7-6-8-14-28-25(35)36-26(3,4)5/h10-13,16,18H,6-9,14-15H2,1-5H3,(H,28,35)(H,29,34)(H2,27,30,31). The Hall–Kier alpha value is -3.69. The Labute approximate surface area is 212 Å². The molecule has 3 rings (SSSR count). The lowest BCUT2D eigenvalue weighted by Gasteiger charge is -2.19. The maximum Gasteiger partial charge on any atom is 0.407 e. The van der Waals surface area contributed by atoms with E-state index in [4.69, 9.17) is 15.6 Å². The van der Waals surface area contributed by atoms with Crippen LogP contribution >= 0.6 is 0 Å². The van der Waals surface area contributed by atoms with E-state index < -0.39 is 11.7 Å². The van der Waals surface area contributed by atoms with Gasteiger partial charge in [0.05, 0.1) is 11.4 Å². The Kier molecular flexibility index (Phi) is 8.84. The van der Waals surface area contributed by atoms with Gasteiger partial charge in [-0.05, 0) is 47.5 Å². The van der Waals surface area contributed by atoms with Crippen molar-refractivity contribution in [2.24, 2.45) is 0 Å². The van der Waals surface area contributed by atoms with Crippen LogP contribution in [0.25, 0.3) is 22.3 Å². The minimum absolute atomic E-state index is 0.0219. The molecule has 0 saturated heterocycles. The molecule has 10 nitrogen and oxygen atoms in total. The third kappa shape index (κ3) is 7.40. The van der Waals surface area contributed by atoms with Crippen molar-refractivity contribution in [3.8, 4) is 11.3 Å². The van der Waals surface area contributed by atoms with Gasteiger partial charge in [-0.25, -0.2) is 19.4 Å². The quantitative estimate of drug-likeness (QED) is 0.359. The normalized spacial score (nSPS) is 12.4. The average molecular weight is 496 g/mol. The molecule has 0 spiro atoms. The molecule has 1 atom stereocenters. The van der Waals surface area contributed by atoms with Crippen molar-refractivity contribution >= 4 is 28.9 Å². The first-order chi connectivity index (χ1) is 17.0. The fourth-order valence-electron chi connectivity index (χ4n) is 3.74. The van der Waals surface area contributed by atoms with E-state index in [2.05, 4.69) is 20.6 Å². The summed E-state index contributed by atoms with van der Waals surface area (Å²) < 4.78 is 7.00. The number of alkyl carbamates (subject to hydrolysis) is 1. The van der Waals surface area contributed by atoms with Crippen molar-refractivity contribution in [2.75, 3.05) is 18.8 Å². The van der Waals surface area contributed by atoms with Gasteiger partial charge in [0, 0.05) is 25.1 Å². The number of ether oxygens (including phenoxy) is 1. The number of amides is 2. The van der Waals surface area contributed by atoms with Crippen molar-refractivity contribution in [2.45, 2.75) is 71.9 Å². The lowest BCUT2D eigenvalue weighted by molar-refractivity contribution is -0.121. The van der Waals surface area contributed by atoms with Gasteiger partial charge in [0.1, 0.15) is 23.4 Å². The largest absolute Gasteiger partial charge is 0.444 e. The fraction of sp³-hybridized carbons (Fsp3) is 0.500. The molecule has 0 aliphatic heterocycles. The molecule has 2 aromatic heterocycles. The third-order valence-electron chi connectivity index (χ3n) is 5.60. The number of nitrogens with zero attached hydrogens (tertiary/aromatic N) is 4. The Morgan fingerprint density at radius 1 is 1.08 bits per heavy atom. The molecule has 0 fully saturated rings. The number of hydrogen-bond acceptors (Lipinski definition) is 7. The molecule has 0 saturated carbocycles. The van der Waals surface area contributed by atoms with E-state index in [-0.39, 0.29) is 11.9 Å². The summed E-state index contributed by atoms with van der Waals surface area (Å²) in [6.45, 7) is 10.4. The third-order valence-corrected chi connectivity index (χ3v) is 5.60. The highest BCUT2D eigenvalue weighted by molar-refractivity contribution is 5.98. The van der Waals surface area contributed by atoms with Crippen LogP contribution in [0.4, 0.5) is 10.6 Å². The van der Waals surface area contributed by atoms with Gasteiger partial charge in [-0.3, -0.25) is 4.79 Å². The van der Waals surface area contributed by atoms with E-state index >= 15 is 0 Å². The van der Waals surface area contributed by atoms with Gasteiger partial charge in [-0.15, -0.1) is 0 Å². The van der Waals surface area contributed by atoms with E-state index in [9.17, 15) is 9.59 Å². The lowest BCUT2D eigenvalue weighted by Crippen LogP contribution is -2.33. The monoisotopic (exact) mass is 495 g/mol. The first kappa shape index (κ1) is 26.9. The van der Waals surface area contributed by atoms with Crippen LogP contribution in [-0.4, -0.2) is 50.4 Å². The van der Waals surface area contributed by atoms with Gasteiger partial charge < -0.3 is 21.1 Å². The Bertz CT molecular complexity index is 1180. The molecule has 3 aromatic rings. The molecule has 0 aliphatic carbocycles. The number of nitrogens with two attached hydrogens (primary N) is 1. The minimum atomic E-state index is -0.510. The summed E-state index contributed by atoms with van der Waals surface area (Å²) in [5, 5.41) is 11.2. The zero-order chi connectivity index (χ0) is 26.3. The molecule has 36 heavy (non-hydrogen) atoms. The lowest BCUT2D eigenvalue weighted by atomic mass is 10.1. The second-order valence-electron chi connectivity index (χ2n) is 10.0. The Balaban J connectivity index is 1.50. The number of fused-ring (bicyclic) bond motifs is 1. The number of carbonyl (C=O) groups is 2. The summed E-state index contributed by atoms with van der Waals surface area (Å²) in [5.41, 5.74) is 9.13. The number of unbranched alkanes of at least 4 members (excludes halogenated alkanes) is 2. The molecular weight excluding hydrogens is 458 g/mol. The second-order valence-corrected chi connectivity index (χ2v) is 10.0. The van der Waals surface area contributed by atoms with E-state index in [1.165, 1.54) is 6.33 Å². The van der Waals surface area contributed by atoms with E-state index in [0.29, 0.717) is 36.4 Å². The van der Waals surface area contributed by atoms with E-state index in [0.717, 1.165) is 36.1 Å². The summed E-state index contributed by atoms with van der Waals surface area (Å²) in [6, 6.07) is 7.92. The molecule has 0 bridgehead atoms. The zero-order valence-corrected chi connectivity index (χ0v) is 21.8. The van der Waals surface area contributed by atoms with Crippen molar-refractivity contribution in [1.82, 2.24) is 30.4 Å². The van der Waals surface area contributed by atoms with Gasteiger partial charge in [0.2, 0.25) is 5.91 Å². The zero-order valence-electron chi connectivity index (χ0n) is 21.8.